The minimum atomic E-state index is -3.32. The number of carbonyl (C=O) groups excluding carboxylic acids is 1. The number of sulfone groups is 1. The molecule has 23 heavy (non-hydrogen) atoms. The molecule has 2 aromatic carbocycles. The van der Waals surface area contributed by atoms with Gasteiger partial charge in [0.05, 0.1) is 11.5 Å². The van der Waals surface area contributed by atoms with Crippen LogP contribution in [0.5, 0.6) is 0 Å². The highest BCUT2D eigenvalue weighted by atomic mass is 32.2. The zero-order valence-corrected chi connectivity index (χ0v) is 13.4. The molecule has 122 valence electrons. The van der Waals surface area contributed by atoms with Crippen molar-refractivity contribution in [3.8, 4) is 0 Å². The van der Waals surface area contributed by atoms with E-state index >= 15 is 0 Å². The maximum atomic E-state index is 11.9. The van der Waals surface area contributed by atoms with Crippen LogP contribution in [0.25, 0.3) is 0 Å². The van der Waals surface area contributed by atoms with Gasteiger partial charge in [-0.3, -0.25) is 0 Å². The monoisotopic (exact) mass is 334 g/mol. The lowest BCUT2D eigenvalue weighted by molar-refractivity contribution is 0.251. The van der Waals surface area contributed by atoms with E-state index in [9.17, 15) is 13.2 Å². The third-order valence-corrected chi connectivity index (χ3v) is 4.26. The van der Waals surface area contributed by atoms with E-state index in [1.807, 2.05) is 6.07 Å². The van der Waals surface area contributed by atoms with E-state index in [1.54, 1.807) is 30.3 Å². The van der Waals surface area contributed by atoms with Gasteiger partial charge in [0, 0.05) is 18.5 Å². The summed E-state index contributed by atoms with van der Waals surface area (Å²) in [4.78, 5) is 12.0. The Morgan fingerprint density at radius 3 is 2.48 bits per heavy atom. The Labute approximate surface area is 135 Å². The highest BCUT2D eigenvalue weighted by molar-refractivity contribution is 7.90. The molecule has 2 aromatic rings. The first kappa shape index (κ1) is 17.0. The van der Waals surface area contributed by atoms with Crippen LogP contribution in [0.1, 0.15) is 11.1 Å². The third kappa shape index (κ3) is 5.08. The number of carbonyl (C=O) groups is 1. The van der Waals surface area contributed by atoms with E-state index in [0.29, 0.717) is 12.2 Å². The van der Waals surface area contributed by atoms with Gasteiger partial charge < -0.3 is 15.7 Å². The summed E-state index contributed by atoms with van der Waals surface area (Å²) in [6.07, 6.45) is 1.11. The zero-order chi connectivity index (χ0) is 16.9. The number of aliphatic hydroxyl groups excluding tert-OH is 1. The molecular formula is C16H18N2O4S. The van der Waals surface area contributed by atoms with Crippen LogP contribution in [-0.2, 0) is 23.0 Å². The topological polar surface area (TPSA) is 95.5 Å². The van der Waals surface area contributed by atoms with Gasteiger partial charge in [-0.25, -0.2) is 13.2 Å². The molecule has 0 spiro atoms. The number of anilines is 1. The van der Waals surface area contributed by atoms with Gasteiger partial charge in [-0.2, -0.15) is 0 Å². The van der Waals surface area contributed by atoms with Crippen molar-refractivity contribution in [3.05, 3.63) is 59.7 Å². The van der Waals surface area contributed by atoms with E-state index in [4.69, 9.17) is 5.11 Å². The Balaban J connectivity index is 1.97. The summed E-state index contributed by atoms with van der Waals surface area (Å²) >= 11 is 0. The Morgan fingerprint density at radius 2 is 1.78 bits per heavy atom. The molecule has 0 aliphatic carbocycles. The van der Waals surface area contributed by atoms with E-state index in [1.165, 1.54) is 12.1 Å². The first-order valence-electron chi connectivity index (χ1n) is 6.92. The lowest BCUT2D eigenvalue weighted by atomic mass is 10.1. The van der Waals surface area contributed by atoms with Crippen molar-refractivity contribution in [1.82, 2.24) is 5.32 Å². The quantitative estimate of drug-likeness (QED) is 0.778. The molecule has 6 nitrogen and oxygen atoms in total. The van der Waals surface area contributed by atoms with E-state index < -0.39 is 15.9 Å². The predicted octanol–water partition coefficient (Wildman–Crippen LogP) is 1.90. The zero-order valence-electron chi connectivity index (χ0n) is 12.6. The summed E-state index contributed by atoms with van der Waals surface area (Å²) in [5.41, 5.74) is 2.02. The lowest BCUT2D eigenvalue weighted by Crippen LogP contribution is -2.28. The molecule has 0 unspecified atom stereocenters. The Bertz CT molecular complexity index is 803. The van der Waals surface area contributed by atoms with Gasteiger partial charge in [0.2, 0.25) is 0 Å². The van der Waals surface area contributed by atoms with Crippen LogP contribution in [0, 0.1) is 0 Å². The van der Waals surface area contributed by atoms with Gasteiger partial charge in [0.1, 0.15) is 0 Å². The standard InChI is InChI=1S/C16H18N2O4S/c1-23(21,22)15-7-3-6-14(9-15)18-16(20)17-10-12-4-2-5-13(8-12)11-19/h2-9,19H,10-11H2,1H3,(H2,17,18,20). The summed E-state index contributed by atoms with van der Waals surface area (Å²) < 4.78 is 23.0. The summed E-state index contributed by atoms with van der Waals surface area (Å²) in [5.74, 6) is 0. The van der Waals surface area contributed by atoms with Gasteiger partial charge in [-0.1, -0.05) is 30.3 Å². The maximum absolute atomic E-state index is 11.9. The number of benzene rings is 2. The number of rotatable bonds is 5. The molecule has 2 rings (SSSR count). The van der Waals surface area contributed by atoms with Crippen LogP contribution in [-0.4, -0.2) is 25.8 Å². The number of nitrogens with one attached hydrogen (secondary N) is 2. The third-order valence-electron chi connectivity index (χ3n) is 3.15. The minimum Gasteiger partial charge on any atom is -0.392 e. The smallest absolute Gasteiger partial charge is 0.319 e. The summed E-state index contributed by atoms with van der Waals surface area (Å²) in [5, 5.41) is 14.3. The molecule has 0 aromatic heterocycles. The summed E-state index contributed by atoms with van der Waals surface area (Å²) in [7, 11) is -3.32. The van der Waals surface area contributed by atoms with E-state index in [0.717, 1.165) is 17.4 Å². The number of amides is 2. The molecule has 0 saturated carbocycles. The molecule has 0 fully saturated rings. The van der Waals surface area contributed by atoms with Crippen LogP contribution in [0.2, 0.25) is 0 Å². The molecule has 0 saturated heterocycles. The second-order valence-electron chi connectivity index (χ2n) is 5.09. The average Bonchev–Trinajstić information content (AvgIpc) is 2.52. The fraction of sp³-hybridized carbons (Fsp3) is 0.188. The van der Waals surface area contributed by atoms with Gasteiger partial charge >= 0.3 is 6.03 Å². The van der Waals surface area contributed by atoms with Crippen LogP contribution in [0.3, 0.4) is 0 Å². The van der Waals surface area contributed by atoms with Gasteiger partial charge in [0.15, 0.2) is 9.84 Å². The van der Waals surface area contributed by atoms with Crippen molar-refractivity contribution in [2.75, 3.05) is 11.6 Å². The lowest BCUT2D eigenvalue weighted by Gasteiger charge is -2.09. The predicted molar refractivity (Wildman–Crippen MR) is 87.8 cm³/mol. The van der Waals surface area contributed by atoms with Crippen LogP contribution in [0.15, 0.2) is 53.4 Å². The molecule has 0 aliphatic heterocycles. The average molecular weight is 334 g/mol. The molecular weight excluding hydrogens is 316 g/mol. The molecule has 3 N–H and O–H groups in total. The number of hydrogen-bond donors (Lipinski definition) is 3. The number of hydrogen-bond acceptors (Lipinski definition) is 4. The highest BCUT2D eigenvalue weighted by Gasteiger charge is 2.08. The van der Waals surface area contributed by atoms with E-state index in [2.05, 4.69) is 10.6 Å². The maximum Gasteiger partial charge on any atom is 0.319 e. The van der Waals surface area contributed by atoms with E-state index in [-0.39, 0.29) is 11.5 Å². The molecule has 0 radical (unpaired) electrons. The van der Waals surface area contributed by atoms with Crippen LogP contribution >= 0.6 is 0 Å². The number of aliphatic hydroxyl groups is 1. The van der Waals surface area contributed by atoms with Crippen molar-refractivity contribution in [2.24, 2.45) is 0 Å². The van der Waals surface area contributed by atoms with Crippen molar-refractivity contribution in [1.29, 1.82) is 0 Å². The molecule has 2 amide bonds. The number of urea groups is 1. The Hall–Kier alpha value is -2.38. The van der Waals surface area contributed by atoms with Crippen molar-refractivity contribution < 1.29 is 18.3 Å². The van der Waals surface area contributed by atoms with Gasteiger partial charge in [-0.05, 0) is 29.3 Å². The largest absolute Gasteiger partial charge is 0.392 e. The first-order valence-corrected chi connectivity index (χ1v) is 8.81. The molecule has 7 heteroatoms. The van der Waals surface area contributed by atoms with Crippen LogP contribution in [0.4, 0.5) is 10.5 Å². The van der Waals surface area contributed by atoms with Crippen molar-refractivity contribution in [3.63, 3.8) is 0 Å². The van der Waals surface area contributed by atoms with Crippen molar-refractivity contribution in [2.45, 2.75) is 18.0 Å². The first-order chi connectivity index (χ1) is 10.9. The van der Waals surface area contributed by atoms with Crippen molar-refractivity contribution >= 4 is 21.6 Å². The minimum absolute atomic E-state index is 0.0572. The second-order valence-corrected chi connectivity index (χ2v) is 7.10. The Morgan fingerprint density at radius 1 is 1.09 bits per heavy atom. The van der Waals surface area contributed by atoms with Crippen LogP contribution < -0.4 is 10.6 Å². The fourth-order valence-corrected chi connectivity index (χ4v) is 2.67. The van der Waals surface area contributed by atoms with Gasteiger partial charge in [0.25, 0.3) is 0 Å². The molecule has 0 heterocycles. The normalized spacial score (nSPS) is 11.0. The second kappa shape index (κ2) is 7.26. The highest BCUT2D eigenvalue weighted by Crippen LogP contribution is 2.15. The summed E-state index contributed by atoms with van der Waals surface area (Å²) in [6, 6.07) is 12.8. The molecule has 0 aliphatic rings. The molecule has 0 atom stereocenters. The summed E-state index contributed by atoms with van der Waals surface area (Å²) in [6.45, 7) is 0.240. The van der Waals surface area contributed by atoms with Gasteiger partial charge in [-0.15, -0.1) is 0 Å². The molecule has 0 bridgehead atoms. The fourth-order valence-electron chi connectivity index (χ4n) is 2.00. The Kier molecular flexibility index (Phi) is 5.36. The SMILES string of the molecule is CS(=O)(=O)c1cccc(NC(=O)NCc2cccc(CO)c2)c1.